The lowest BCUT2D eigenvalue weighted by atomic mass is 9.91. The lowest BCUT2D eigenvalue weighted by molar-refractivity contribution is -0.458. The van der Waals surface area contributed by atoms with Crippen LogP contribution in [0.2, 0.25) is 0 Å². The summed E-state index contributed by atoms with van der Waals surface area (Å²) < 4.78 is 230. The Hall–Kier alpha value is -0.750. The van der Waals surface area contributed by atoms with Crippen LogP contribution < -0.4 is 0 Å². The molecule has 0 saturated carbocycles. The largest absolute Gasteiger partial charge is 0.460 e. The van der Waals surface area contributed by atoms with Crippen molar-refractivity contribution in [2.75, 3.05) is 0 Å². The zero-order valence-electron chi connectivity index (χ0n) is 12.5. The molecule has 30 heavy (non-hydrogen) atoms. The van der Waals surface area contributed by atoms with Gasteiger partial charge in [0.05, 0.1) is 11.9 Å². The highest BCUT2D eigenvalue weighted by molar-refractivity contribution is 7.55. The second-order valence-electron chi connectivity index (χ2n) is 5.07. The molecule has 0 heterocycles. The Bertz CT molecular complexity index is 700. The van der Waals surface area contributed by atoms with E-state index in [2.05, 4.69) is 15.9 Å². The van der Waals surface area contributed by atoms with E-state index in [9.17, 15) is 79.2 Å². The van der Waals surface area contributed by atoms with Crippen molar-refractivity contribution in [1.29, 1.82) is 0 Å². The Labute approximate surface area is 156 Å². The molecule has 0 aliphatic carbocycles. The summed E-state index contributed by atoms with van der Waals surface area (Å²) in [6.45, 7) is 0. The first kappa shape index (κ1) is 29.2. The van der Waals surface area contributed by atoms with Crippen molar-refractivity contribution in [3.63, 3.8) is 0 Å². The number of hydrogen-bond acceptors (Lipinski definition) is 2. The maximum Gasteiger partial charge on any atom is 0.460 e. The fraction of sp³-hybridized carbons (Fsp3) is 1.00. The molecule has 0 aliphatic heterocycles. The van der Waals surface area contributed by atoms with Gasteiger partial charge in [0, 0.05) is 0 Å². The molecule has 0 saturated heterocycles. The van der Waals surface area contributed by atoms with Crippen LogP contribution in [0.25, 0.3) is 0 Å². The summed E-state index contributed by atoms with van der Waals surface area (Å²) in [5.74, 6) is -51.7. The highest BCUT2D eigenvalue weighted by Gasteiger charge is 2.96. The second-order valence-corrected chi connectivity index (χ2v) is 7.23. The van der Waals surface area contributed by atoms with Crippen molar-refractivity contribution in [3.05, 3.63) is 0 Å². The molecule has 0 amide bonds. The Kier molecular flexibility index (Phi) is 6.95. The molecule has 22 heteroatoms. The minimum Gasteiger partial charge on any atom is -0.319 e. The molecule has 1 N–H and O–H groups in total. The molecule has 182 valence electrons. The molecule has 3 nitrogen and oxygen atoms in total. The monoisotopic (exact) mass is 534 g/mol. The zero-order chi connectivity index (χ0) is 25.2. The summed E-state index contributed by atoms with van der Waals surface area (Å²) in [7, 11) is -7.71. The maximum atomic E-state index is 13.2. The van der Waals surface area contributed by atoms with E-state index in [0.29, 0.717) is 0 Å². The number of rotatable bonds is 8. The Morgan fingerprint density at radius 2 is 0.767 bits per heavy atom. The van der Waals surface area contributed by atoms with Crippen LogP contribution in [0.5, 0.6) is 0 Å². The van der Waals surface area contributed by atoms with Gasteiger partial charge in [0.1, 0.15) is 0 Å². The molecule has 0 rings (SSSR count). The first-order valence-corrected chi connectivity index (χ1v) is 7.79. The minimum absolute atomic E-state index is 2.22. The molecule has 0 radical (unpaired) electrons. The zero-order valence-corrected chi connectivity index (χ0v) is 14.2. The van der Waals surface area contributed by atoms with E-state index in [1.165, 1.54) is 0 Å². The van der Waals surface area contributed by atoms with Gasteiger partial charge in [0.25, 0.3) is 0 Å². The van der Waals surface area contributed by atoms with E-state index in [1.54, 1.807) is 0 Å². The van der Waals surface area contributed by atoms with Crippen molar-refractivity contribution < 1.29 is 88.2 Å². The van der Waals surface area contributed by atoms with Gasteiger partial charge in [0.15, 0.2) is 0 Å². The quantitative estimate of drug-likeness (QED) is 0.293. The smallest absolute Gasteiger partial charge is 0.319 e. The average Bonchev–Trinajstić information content (AvgIpc) is 2.52. The SMILES string of the molecule is O=P(O)(OCl)C(F)(F)C(F)(F)C(F)(F)C(F)(F)C(F)(F)C(F)(F)C(F)(F)C(F)(F)F. The van der Waals surface area contributed by atoms with E-state index >= 15 is 0 Å². The molecule has 1 unspecified atom stereocenters. The standard InChI is InChI=1S/C8HClF17O3P/c9-29-30(27,28)8(25,26)6(20,21)4(16,17)2(12,13)1(10,11)3(14,15)5(18,19)7(22,23)24/h(H,27,28). The summed E-state index contributed by atoms with van der Waals surface area (Å²) in [5, 5.41) is 0. The van der Waals surface area contributed by atoms with E-state index in [4.69, 9.17) is 4.89 Å². The second kappa shape index (κ2) is 7.13. The van der Waals surface area contributed by atoms with Crippen LogP contribution in [0, 0.1) is 0 Å². The third-order valence-corrected chi connectivity index (χ3v) is 4.89. The van der Waals surface area contributed by atoms with E-state index in [-0.39, 0.29) is 0 Å². The summed E-state index contributed by atoms with van der Waals surface area (Å²) in [6.07, 6.45) is -7.87. The summed E-state index contributed by atoms with van der Waals surface area (Å²) in [4.78, 5) is 8.20. The van der Waals surface area contributed by atoms with Crippen LogP contribution in [-0.4, -0.2) is 52.3 Å². The molecule has 0 spiro atoms. The Morgan fingerprint density at radius 3 is 1.00 bits per heavy atom. The topological polar surface area (TPSA) is 46.5 Å². The third-order valence-electron chi connectivity index (χ3n) is 3.15. The minimum atomic E-state index is -8.85. The van der Waals surface area contributed by atoms with E-state index < -0.39 is 55.0 Å². The molecule has 0 aromatic heterocycles. The first-order valence-electron chi connectivity index (χ1n) is 5.91. The van der Waals surface area contributed by atoms with Crippen LogP contribution in [0.3, 0.4) is 0 Å². The molecular weight excluding hydrogens is 533 g/mol. The Balaban J connectivity index is 6.89. The van der Waals surface area contributed by atoms with E-state index in [0.717, 1.165) is 0 Å². The van der Waals surface area contributed by atoms with Crippen LogP contribution in [-0.2, 0) is 8.64 Å². The lowest BCUT2D eigenvalue weighted by Gasteiger charge is -2.42. The van der Waals surface area contributed by atoms with Gasteiger partial charge in [-0.05, 0) is 0 Å². The normalized spacial score (nSPS) is 18.4. The van der Waals surface area contributed by atoms with Crippen LogP contribution >= 0.6 is 19.5 Å². The van der Waals surface area contributed by atoms with Crippen molar-refractivity contribution in [2.24, 2.45) is 0 Å². The van der Waals surface area contributed by atoms with Gasteiger partial charge in [0.2, 0.25) is 0 Å². The maximum absolute atomic E-state index is 13.2. The van der Waals surface area contributed by atoms with Gasteiger partial charge >= 0.3 is 55.0 Å². The van der Waals surface area contributed by atoms with Crippen molar-refractivity contribution in [3.8, 4) is 0 Å². The molecule has 1 atom stereocenters. The molecule has 0 aliphatic rings. The van der Waals surface area contributed by atoms with Gasteiger partial charge < -0.3 is 4.89 Å². The van der Waals surface area contributed by atoms with Crippen LogP contribution in [0.4, 0.5) is 74.6 Å². The molecule has 0 aromatic rings. The average molecular weight is 534 g/mol. The fourth-order valence-corrected chi connectivity index (χ4v) is 2.22. The van der Waals surface area contributed by atoms with Gasteiger partial charge in [-0.25, -0.2) is 0 Å². The van der Waals surface area contributed by atoms with E-state index in [1.807, 2.05) is 0 Å². The first-order chi connectivity index (χ1) is 12.6. The highest BCUT2D eigenvalue weighted by Crippen LogP contribution is 2.71. The molecule has 0 fully saturated rings. The van der Waals surface area contributed by atoms with Gasteiger partial charge in [-0.3, -0.25) is 4.57 Å². The summed E-state index contributed by atoms with van der Waals surface area (Å²) >= 11 is 3.77. The predicted molar refractivity (Wildman–Crippen MR) is 57.4 cm³/mol. The summed E-state index contributed by atoms with van der Waals surface area (Å²) in [6, 6.07) is 0. The predicted octanol–water partition coefficient (Wildman–Crippen LogP) is 6.31. The summed E-state index contributed by atoms with van der Waals surface area (Å²) in [5.41, 5.74) is -7.60. The number of hydrogen-bond donors (Lipinski definition) is 1. The highest BCUT2D eigenvalue weighted by atomic mass is 35.5. The molecule has 0 aromatic carbocycles. The van der Waals surface area contributed by atoms with Crippen LogP contribution in [0.1, 0.15) is 0 Å². The van der Waals surface area contributed by atoms with Gasteiger partial charge in [-0.15, -0.1) is 0 Å². The van der Waals surface area contributed by atoms with Crippen molar-refractivity contribution in [1.82, 2.24) is 0 Å². The molecule has 0 bridgehead atoms. The third kappa shape index (κ3) is 3.41. The fourth-order valence-electron chi connectivity index (χ4n) is 1.38. The number of alkyl halides is 17. The van der Waals surface area contributed by atoms with Crippen molar-refractivity contribution >= 4 is 19.5 Å². The molecular formula is C8HClF17O3P. The Morgan fingerprint density at radius 1 is 0.533 bits per heavy atom. The van der Waals surface area contributed by atoms with Crippen molar-refractivity contribution in [2.45, 2.75) is 47.4 Å². The van der Waals surface area contributed by atoms with Crippen LogP contribution in [0.15, 0.2) is 0 Å². The lowest BCUT2D eigenvalue weighted by Crippen LogP contribution is -2.74. The number of halogens is 18. The van der Waals surface area contributed by atoms with Gasteiger partial charge in [-0.1, -0.05) is 0 Å². The van der Waals surface area contributed by atoms with Gasteiger partial charge in [-0.2, -0.15) is 78.7 Å².